The zero-order valence-electron chi connectivity index (χ0n) is 14.9. The SMILES string of the molecule is Cc1cccc(-c2nc(-c3cccc4ccccc34)c3ccccc3n2)n1. The van der Waals surface area contributed by atoms with Crippen LogP contribution in [-0.2, 0) is 0 Å². The van der Waals surface area contributed by atoms with Crippen molar-refractivity contribution < 1.29 is 0 Å². The summed E-state index contributed by atoms with van der Waals surface area (Å²) in [4.78, 5) is 14.4. The summed E-state index contributed by atoms with van der Waals surface area (Å²) in [6, 6.07) is 28.8. The molecule has 0 atom stereocenters. The summed E-state index contributed by atoms with van der Waals surface area (Å²) in [7, 11) is 0. The molecule has 0 aliphatic carbocycles. The maximum atomic E-state index is 4.96. The molecule has 0 fully saturated rings. The van der Waals surface area contributed by atoms with Crippen molar-refractivity contribution >= 4 is 21.7 Å². The van der Waals surface area contributed by atoms with Crippen LogP contribution in [-0.4, -0.2) is 15.0 Å². The standard InChI is InChI=1S/C24H17N3/c1-16-8-6-15-22(25-16)24-26-21-14-5-4-12-20(21)23(27-24)19-13-7-10-17-9-2-3-11-18(17)19/h2-15H,1H3. The molecule has 128 valence electrons. The van der Waals surface area contributed by atoms with E-state index in [9.17, 15) is 0 Å². The number of para-hydroxylation sites is 1. The van der Waals surface area contributed by atoms with Crippen LogP contribution in [0.5, 0.6) is 0 Å². The van der Waals surface area contributed by atoms with E-state index in [0.717, 1.165) is 33.5 Å². The lowest BCUT2D eigenvalue weighted by Crippen LogP contribution is -1.97. The molecule has 0 aliphatic rings. The lowest BCUT2D eigenvalue weighted by molar-refractivity contribution is 1.14. The topological polar surface area (TPSA) is 38.7 Å². The third-order valence-electron chi connectivity index (χ3n) is 4.77. The van der Waals surface area contributed by atoms with Gasteiger partial charge in [0.05, 0.1) is 11.2 Å². The van der Waals surface area contributed by atoms with Gasteiger partial charge < -0.3 is 0 Å². The fourth-order valence-corrected chi connectivity index (χ4v) is 3.50. The van der Waals surface area contributed by atoms with Gasteiger partial charge in [0.2, 0.25) is 0 Å². The smallest absolute Gasteiger partial charge is 0.179 e. The van der Waals surface area contributed by atoms with Crippen LogP contribution in [0.2, 0.25) is 0 Å². The monoisotopic (exact) mass is 347 g/mol. The highest BCUT2D eigenvalue weighted by atomic mass is 14.9. The summed E-state index contributed by atoms with van der Waals surface area (Å²) >= 11 is 0. The number of aryl methyl sites for hydroxylation is 1. The van der Waals surface area contributed by atoms with Crippen molar-refractivity contribution in [3.8, 4) is 22.8 Å². The van der Waals surface area contributed by atoms with Crippen molar-refractivity contribution in [2.24, 2.45) is 0 Å². The van der Waals surface area contributed by atoms with Crippen molar-refractivity contribution in [3.05, 3.63) is 90.6 Å². The van der Waals surface area contributed by atoms with Crippen LogP contribution in [0.1, 0.15) is 5.69 Å². The summed E-state index contributed by atoms with van der Waals surface area (Å²) < 4.78 is 0. The number of hydrogen-bond donors (Lipinski definition) is 0. The molecule has 2 aromatic heterocycles. The molecule has 27 heavy (non-hydrogen) atoms. The average molecular weight is 347 g/mol. The van der Waals surface area contributed by atoms with E-state index in [1.54, 1.807) is 0 Å². The van der Waals surface area contributed by atoms with Gasteiger partial charge in [-0.25, -0.2) is 15.0 Å². The van der Waals surface area contributed by atoms with Gasteiger partial charge in [-0.2, -0.15) is 0 Å². The summed E-state index contributed by atoms with van der Waals surface area (Å²) in [5.41, 5.74) is 4.73. The van der Waals surface area contributed by atoms with Crippen molar-refractivity contribution in [2.45, 2.75) is 6.92 Å². The molecule has 5 rings (SSSR count). The van der Waals surface area contributed by atoms with Gasteiger partial charge in [0.1, 0.15) is 5.69 Å². The van der Waals surface area contributed by atoms with E-state index < -0.39 is 0 Å². The Labute approximate surface area is 157 Å². The van der Waals surface area contributed by atoms with Gasteiger partial charge in [-0.1, -0.05) is 66.7 Å². The van der Waals surface area contributed by atoms with E-state index in [1.807, 2.05) is 43.3 Å². The highest BCUT2D eigenvalue weighted by molar-refractivity contribution is 6.03. The van der Waals surface area contributed by atoms with E-state index in [2.05, 4.69) is 53.5 Å². The van der Waals surface area contributed by atoms with Crippen LogP contribution in [0.15, 0.2) is 84.9 Å². The molecule has 5 aromatic rings. The molecule has 0 unspecified atom stereocenters. The molecule has 3 heteroatoms. The lowest BCUT2D eigenvalue weighted by atomic mass is 9.99. The first-order valence-electron chi connectivity index (χ1n) is 8.98. The van der Waals surface area contributed by atoms with Crippen LogP contribution in [0.3, 0.4) is 0 Å². The Kier molecular flexibility index (Phi) is 3.65. The Morgan fingerprint density at radius 1 is 0.593 bits per heavy atom. The molecule has 3 nitrogen and oxygen atoms in total. The predicted octanol–water partition coefficient (Wildman–Crippen LogP) is 5.82. The highest BCUT2D eigenvalue weighted by Crippen LogP contribution is 2.33. The van der Waals surface area contributed by atoms with E-state index in [1.165, 1.54) is 10.8 Å². The van der Waals surface area contributed by atoms with Crippen molar-refractivity contribution in [2.75, 3.05) is 0 Å². The summed E-state index contributed by atoms with van der Waals surface area (Å²) in [5, 5.41) is 3.44. The van der Waals surface area contributed by atoms with Gasteiger partial charge in [0.15, 0.2) is 5.82 Å². The fraction of sp³-hybridized carbons (Fsp3) is 0.0417. The normalized spacial score (nSPS) is 11.1. The number of nitrogens with zero attached hydrogens (tertiary/aromatic N) is 3. The number of aromatic nitrogens is 3. The first kappa shape index (κ1) is 15.6. The molecule has 0 bridgehead atoms. The van der Waals surface area contributed by atoms with Gasteiger partial charge in [-0.05, 0) is 35.9 Å². The van der Waals surface area contributed by atoms with Gasteiger partial charge in [-0.3, -0.25) is 0 Å². The molecule has 0 N–H and O–H groups in total. The Morgan fingerprint density at radius 3 is 2.22 bits per heavy atom. The van der Waals surface area contributed by atoms with Crippen LogP contribution >= 0.6 is 0 Å². The first-order chi connectivity index (χ1) is 13.3. The molecule has 0 aliphatic heterocycles. The van der Waals surface area contributed by atoms with Crippen LogP contribution < -0.4 is 0 Å². The molecular formula is C24H17N3. The van der Waals surface area contributed by atoms with Crippen molar-refractivity contribution in [3.63, 3.8) is 0 Å². The first-order valence-corrected chi connectivity index (χ1v) is 8.98. The van der Waals surface area contributed by atoms with Crippen LogP contribution in [0.4, 0.5) is 0 Å². The molecule has 2 heterocycles. The zero-order valence-corrected chi connectivity index (χ0v) is 14.9. The molecule has 0 radical (unpaired) electrons. The largest absolute Gasteiger partial charge is 0.250 e. The molecule has 0 saturated carbocycles. The van der Waals surface area contributed by atoms with Crippen molar-refractivity contribution in [1.29, 1.82) is 0 Å². The fourth-order valence-electron chi connectivity index (χ4n) is 3.50. The Bertz CT molecular complexity index is 1290. The summed E-state index contributed by atoms with van der Waals surface area (Å²) in [6.07, 6.45) is 0. The molecule has 0 saturated heterocycles. The third kappa shape index (κ3) is 2.74. The quantitative estimate of drug-likeness (QED) is 0.404. The zero-order chi connectivity index (χ0) is 18.2. The van der Waals surface area contributed by atoms with E-state index >= 15 is 0 Å². The number of hydrogen-bond acceptors (Lipinski definition) is 3. The van der Waals surface area contributed by atoms with Crippen LogP contribution in [0, 0.1) is 6.92 Å². The minimum atomic E-state index is 0.653. The number of pyridine rings is 1. The number of rotatable bonds is 2. The number of fused-ring (bicyclic) bond motifs is 2. The van der Waals surface area contributed by atoms with Crippen molar-refractivity contribution in [1.82, 2.24) is 15.0 Å². The molecule has 3 aromatic carbocycles. The van der Waals surface area contributed by atoms with E-state index in [0.29, 0.717) is 5.82 Å². The third-order valence-corrected chi connectivity index (χ3v) is 4.77. The lowest BCUT2D eigenvalue weighted by Gasteiger charge is -2.11. The van der Waals surface area contributed by atoms with Gasteiger partial charge in [-0.15, -0.1) is 0 Å². The molecule has 0 spiro atoms. The second kappa shape index (κ2) is 6.29. The minimum absolute atomic E-state index is 0.653. The molecular weight excluding hydrogens is 330 g/mol. The Hall–Kier alpha value is -3.59. The van der Waals surface area contributed by atoms with Gasteiger partial charge >= 0.3 is 0 Å². The number of benzene rings is 3. The van der Waals surface area contributed by atoms with E-state index in [-0.39, 0.29) is 0 Å². The highest BCUT2D eigenvalue weighted by Gasteiger charge is 2.13. The molecule has 0 amide bonds. The summed E-state index contributed by atoms with van der Waals surface area (Å²) in [5.74, 6) is 0.653. The second-order valence-corrected chi connectivity index (χ2v) is 6.60. The minimum Gasteiger partial charge on any atom is -0.250 e. The maximum Gasteiger partial charge on any atom is 0.179 e. The van der Waals surface area contributed by atoms with Crippen LogP contribution in [0.25, 0.3) is 44.5 Å². The average Bonchev–Trinajstić information content (AvgIpc) is 2.72. The Morgan fingerprint density at radius 2 is 1.33 bits per heavy atom. The van der Waals surface area contributed by atoms with E-state index in [4.69, 9.17) is 9.97 Å². The second-order valence-electron chi connectivity index (χ2n) is 6.60. The van der Waals surface area contributed by atoms with Gasteiger partial charge in [0, 0.05) is 16.6 Å². The summed E-state index contributed by atoms with van der Waals surface area (Å²) in [6.45, 7) is 1.98. The maximum absolute atomic E-state index is 4.96. The van der Waals surface area contributed by atoms with Gasteiger partial charge in [0.25, 0.3) is 0 Å². The predicted molar refractivity (Wildman–Crippen MR) is 110 cm³/mol. The Balaban J connectivity index is 1.86.